The van der Waals surface area contributed by atoms with Crippen LogP contribution in [-0.2, 0) is 13.0 Å². The van der Waals surface area contributed by atoms with Crippen molar-refractivity contribution in [1.82, 2.24) is 5.32 Å². The van der Waals surface area contributed by atoms with Crippen LogP contribution in [0, 0.1) is 0 Å². The molecule has 0 radical (unpaired) electrons. The van der Waals surface area contributed by atoms with Crippen molar-refractivity contribution in [3.63, 3.8) is 0 Å². The molecule has 0 saturated heterocycles. The summed E-state index contributed by atoms with van der Waals surface area (Å²) in [5, 5.41) is 3.36. The van der Waals surface area contributed by atoms with Crippen molar-refractivity contribution >= 4 is 0 Å². The Balaban J connectivity index is 2.30. The Labute approximate surface area is 60.2 Å². The highest BCUT2D eigenvalue weighted by molar-refractivity contribution is 5.20. The van der Waals surface area contributed by atoms with Crippen molar-refractivity contribution in [2.75, 3.05) is 0 Å². The van der Waals surface area contributed by atoms with Gasteiger partial charge < -0.3 is 9.73 Å². The smallest absolute Gasteiger partial charge is 0.109 e. The van der Waals surface area contributed by atoms with Gasteiger partial charge in [-0.15, -0.1) is 0 Å². The zero-order valence-corrected chi connectivity index (χ0v) is 6.05. The summed E-state index contributed by atoms with van der Waals surface area (Å²) >= 11 is 0. The third-order valence-electron chi connectivity index (χ3n) is 1.97. The second kappa shape index (κ2) is 2.13. The lowest BCUT2D eigenvalue weighted by molar-refractivity contribution is 0.425. The number of hydrogen-bond donors (Lipinski definition) is 1. The first-order valence-corrected chi connectivity index (χ1v) is 3.65. The van der Waals surface area contributed by atoms with Gasteiger partial charge in [0.1, 0.15) is 5.76 Å². The molecule has 0 fully saturated rings. The molecular formula is C8H11NO. The molecule has 0 aliphatic carbocycles. The SMILES string of the molecule is CC1Cc2occc2CN1. The highest BCUT2D eigenvalue weighted by Gasteiger charge is 2.15. The normalized spacial score (nSPS) is 24.3. The molecule has 0 amide bonds. The fourth-order valence-electron chi connectivity index (χ4n) is 1.34. The second-order valence-corrected chi connectivity index (χ2v) is 2.86. The van der Waals surface area contributed by atoms with E-state index < -0.39 is 0 Å². The standard InChI is InChI=1S/C8H11NO/c1-6-4-8-7(5-9-6)2-3-10-8/h2-3,6,9H,4-5H2,1H3. The van der Waals surface area contributed by atoms with E-state index in [4.69, 9.17) is 4.42 Å². The van der Waals surface area contributed by atoms with Crippen molar-refractivity contribution in [1.29, 1.82) is 0 Å². The minimum absolute atomic E-state index is 0.568. The van der Waals surface area contributed by atoms with Gasteiger partial charge in [-0.1, -0.05) is 0 Å². The molecule has 2 heteroatoms. The monoisotopic (exact) mass is 137 g/mol. The third kappa shape index (κ3) is 0.847. The Morgan fingerprint density at radius 2 is 2.60 bits per heavy atom. The minimum Gasteiger partial charge on any atom is -0.469 e. The van der Waals surface area contributed by atoms with Crippen molar-refractivity contribution in [3.8, 4) is 0 Å². The van der Waals surface area contributed by atoms with Gasteiger partial charge in [0.2, 0.25) is 0 Å². The molecule has 1 aliphatic rings. The molecule has 0 aromatic carbocycles. The van der Waals surface area contributed by atoms with E-state index in [1.54, 1.807) is 6.26 Å². The average molecular weight is 137 g/mol. The molecule has 54 valence electrons. The quantitative estimate of drug-likeness (QED) is 0.583. The van der Waals surface area contributed by atoms with Gasteiger partial charge in [0.15, 0.2) is 0 Å². The molecule has 1 aromatic rings. The van der Waals surface area contributed by atoms with Gasteiger partial charge in [-0.25, -0.2) is 0 Å². The fourth-order valence-corrected chi connectivity index (χ4v) is 1.34. The van der Waals surface area contributed by atoms with Crippen molar-refractivity contribution < 1.29 is 4.42 Å². The van der Waals surface area contributed by atoms with Crippen LogP contribution >= 0.6 is 0 Å². The summed E-state index contributed by atoms with van der Waals surface area (Å²) in [5.41, 5.74) is 1.32. The molecule has 2 rings (SSSR count). The summed E-state index contributed by atoms with van der Waals surface area (Å²) in [5.74, 6) is 1.16. The molecule has 10 heavy (non-hydrogen) atoms. The zero-order chi connectivity index (χ0) is 6.97. The highest BCUT2D eigenvalue weighted by atomic mass is 16.3. The fraction of sp³-hybridized carbons (Fsp3) is 0.500. The van der Waals surface area contributed by atoms with E-state index in [2.05, 4.69) is 12.2 Å². The molecule has 2 heterocycles. The van der Waals surface area contributed by atoms with Gasteiger partial charge in [-0.05, 0) is 13.0 Å². The molecule has 0 spiro atoms. The minimum atomic E-state index is 0.568. The van der Waals surface area contributed by atoms with E-state index in [9.17, 15) is 0 Å². The van der Waals surface area contributed by atoms with Crippen LogP contribution in [0.2, 0.25) is 0 Å². The maximum absolute atomic E-state index is 5.29. The summed E-state index contributed by atoms with van der Waals surface area (Å²) in [7, 11) is 0. The highest BCUT2D eigenvalue weighted by Crippen LogP contribution is 2.16. The van der Waals surface area contributed by atoms with Crippen LogP contribution in [0.3, 0.4) is 0 Å². The largest absolute Gasteiger partial charge is 0.469 e. The first-order valence-electron chi connectivity index (χ1n) is 3.65. The lowest BCUT2D eigenvalue weighted by Crippen LogP contribution is -2.31. The van der Waals surface area contributed by atoms with Crippen molar-refractivity contribution in [3.05, 3.63) is 23.7 Å². The molecule has 1 unspecified atom stereocenters. The Bertz CT molecular complexity index is 229. The van der Waals surface area contributed by atoms with Crippen LogP contribution in [0.4, 0.5) is 0 Å². The van der Waals surface area contributed by atoms with E-state index in [1.807, 2.05) is 6.07 Å². The molecule has 1 aliphatic heterocycles. The molecule has 0 bridgehead atoms. The molecule has 2 nitrogen and oxygen atoms in total. The van der Waals surface area contributed by atoms with Gasteiger partial charge in [0, 0.05) is 24.6 Å². The second-order valence-electron chi connectivity index (χ2n) is 2.86. The van der Waals surface area contributed by atoms with Gasteiger partial charge in [0.05, 0.1) is 6.26 Å². The van der Waals surface area contributed by atoms with Gasteiger partial charge in [0.25, 0.3) is 0 Å². The van der Waals surface area contributed by atoms with Crippen LogP contribution in [0.5, 0.6) is 0 Å². The lowest BCUT2D eigenvalue weighted by atomic mass is 10.1. The van der Waals surface area contributed by atoms with E-state index in [0.29, 0.717) is 6.04 Å². The molecule has 1 aromatic heterocycles. The van der Waals surface area contributed by atoms with Gasteiger partial charge in [-0.2, -0.15) is 0 Å². The number of rotatable bonds is 0. The van der Waals surface area contributed by atoms with Gasteiger partial charge in [-0.3, -0.25) is 0 Å². The molecule has 1 N–H and O–H groups in total. The Morgan fingerprint density at radius 3 is 3.50 bits per heavy atom. The third-order valence-corrected chi connectivity index (χ3v) is 1.97. The van der Waals surface area contributed by atoms with Crippen LogP contribution < -0.4 is 5.32 Å². The number of furan rings is 1. The van der Waals surface area contributed by atoms with Crippen LogP contribution in [-0.4, -0.2) is 6.04 Å². The first-order chi connectivity index (χ1) is 4.86. The van der Waals surface area contributed by atoms with E-state index in [-0.39, 0.29) is 0 Å². The van der Waals surface area contributed by atoms with Crippen molar-refractivity contribution in [2.24, 2.45) is 0 Å². The predicted molar refractivity (Wildman–Crippen MR) is 38.7 cm³/mol. The Kier molecular flexibility index (Phi) is 1.27. The van der Waals surface area contributed by atoms with E-state index in [0.717, 1.165) is 18.7 Å². The summed E-state index contributed by atoms with van der Waals surface area (Å²) in [6.07, 6.45) is 2.80. The summed E-state index contributed by atoms with van der Waals surface area (Å²) < 4.78 is 5.29. The van der Waals surface area contributed by atoms with Gasteiger partial charge >= 0.3 is 0 Å². The van der Waals surface area contributed by atoms with Crippen LogP contribution in [0.25, 0.3) is 0 Å². The summed E-state index contributed by atoms with van der Waals surface area (Å²) in [4.78, 5) is 0. The predicted octanol–water partition coefficient (Wildman–Crippen LogP) is 1.31. The number of hydrogen-bond acceptors (Lipinski definition) is 2. The number of nitrogens with one attached hydrogen (secondary N) is 1. The maximum atomic E-state index is 5.29. The molecule has 1 atom stereocenters. The van der Waals surface area contributed by atoms with Crippen LogP contribution in [0.1, 0.15) is 18.2 Å². The first kappa shape index (κ1) is 5.98. The number of fused-ring (bicyclic) bond motifs is 1. The molecule has 0 saturated carbocycles. The van der Waals surface area contributed by atoms with Crippen LogP contribution in [0.15, 0.2) is 16.7 Å². The van der Waals surface area contributed by atoms with E-state index in [1.165, 1.54) is 5.56 Å². The Morgan fingerprint density at radius 1 is 1.70 bits per heavy atom. The topological polar surface area (TPSA) is 25.2 Å². The molecular weight excluding hydrogens is 126 g/mol. The summed E-state index contributed by atoms with van der Waals surface area (Å²) in [6, 6.07) is 2.60. The Hall–Kier alpha value is -0.760. The average Bonchev–Trinajstić information content (AvgIpc) is 2.33. The maximum Gasteiger partial charge on any atom is 0.109 e. The lowest BCUT2D eigenvalue weighted by Gasteiger charge is -2.18. The van der Waals surface area contributed by atoms with E-state index >= 15 is 0 Å². The zero-order valence-electron chi connectivity index (χ0n) is 6.05. The summed E-state index contributed by atoms with van der Waals surface area (Å²) in [6.45, 7) is 3.14. The van der Waals surface area contributed by atoms with Crippen molar-refractivity contribution in [2.45, 2.75) is 25.9 Å².